The van der Waals surface area contributed by atoms with E-state index in [9.17, 15) is 9.59 Å². The van der Waals surface area contributed by atoms with Crippen molar-refractivity contribution < 1.29 is 4.79 Å². The van der Waals surface area contributed by atoms with Crippen LogP contribution in [0.15, 0.2) is 23.0 Å². The normalized spacial score (nSPS) is 22.4. The molecule has 1 saturated heterocycles. The van der Waals surface area contributed by atoms with Gasteiger partial charge in [0.1, 0.15) is 0 Å². The number of H-pyrrole nitrogens is 2. The van der Waals surface area contributed by atoms with E-state index < -0.39 is 0 Å². The Bertz CT molecular complexity index is 807. The van der Waals surface area contributed by atoms with Crippen molar-refractivity contribution in [3.63, 3.8) is 0 Å². The fourth-order valence-electron chi connectivity index (χ4n) is 3.27. The summed E-state index contributed by atoms with van der Waals surface area (Å²) in [6.07, 6.45) is 0.890. The third-order valence-electron chi connectivity index (χ3n) is 5.05. The average molecular weight is 331 g/mol. The number of fused-ring (bicyclic) bond motifs is 1. The van der Waals surface area contributed by atoms with E-state index in [1.54, 1.807) is 18.2 Å². The molecule has 1 aromatic carbocycles. The Labute approximate surface area is 140 Å². The van der Waals surface area contributed by atoms with E-state index in [0.717, 1.165) is 25.0 Å². The van der Waals surface area contributed by atoms with Gasteiger partial charge in [0, 0.05) is 24.8 Å². The molecular formula is C17H25N5O2. The van der Waals surface area contributed by atoms with Crippen molar-refractivity contribution in [3.8, 4) is 0 Å². The van der Waals surface area contributed by atoms with Crippen LogP contribution in [0.25, 0.3) is 11.0 Å². The zero-order valence-electron chi connectivity index (χ0n) is 14.3. The van der Waals surface area contributed by atoms with Crippen LogP contribution < -0.4 is 16.7 Å². The molecule has 0 saturated carbocycles. The SMILES string of the molecule is CC(C(=O)Nc1ccc2[nH]c(=O)[nH]c2c1)N1CCC(N)C(C)(C)C1. The number of nitrogens with zero attached hydrogens (tertiary/aromatic N) is 1. The number of piperidine rings is 1. The Morgan fingerprint density at radius 1 is 1.38 bits per heavy atom. The van der Waals surface area contributed by atoms with Crippen LogP contribution in [-0.2, 0) is 4.79 Å². The van der Waals surface area contributed by atoms with Gasteiger partial charge in [-0.2, -0.15) is 0 Å². The van der Waals surface area contributed by atoms with Gasteiger partial charge in [-0.15, -0.1) is 0 Å². The number of anilines is 1. The molecule has 2 aromatic rings. The van der Waals surface area contributed by atoms with Gasteiger partial charge in [0.25, 0.3) is 0 Å². The molecular weight excluding hydrogens is 306 g/mol. The first-order valence-corrected chi connectivity index (χ1v) is 8.29. The predicted octanol–water partition coefficient (Wildman–Crippen LogP) is 1.24. The number of hydrogen-bond donors (Lipinski definition) is 4. The monoisotopic (exact) mass is 331 g/mol. The molecule has 5 N–H and O–H groups in total. The minimum Gasteiger partial charge on any atom is -0.327 e. The quantitative estimate of drug-likeness (QED) is 0.679. The fraction of sp³-hybridized carbons (Fsp3) is 0.529. The molecule has 1 aromatic heterocycles. The number of benzene rings is 1. The van der Waals surface area contributed by atoms with Crippen LogP contribution in [0.1, 0.15) is 27.2 Å². The van der Waals surface area contributed by atoms with Crippen molar-refractivity contribution in [2.24, 2.45) is 11.1 Å². The molecule has 2 heterocycles. The maximum atomic E-state index is 12.6. The number of nitrogens with two attached hydrogens (primary N) is 1. The van der Waals surface area contributed by atoms with Crippen LogP contribution in [0.3, 0.4) is 0 Å². The summed E-state index contributed by atoms with van der Waals surface area (Å²) in [7, 11) is 0. The molecule has 1 fully saturated rings. The number of nitrogens with one attached hydrogen (secondary N) is 3. The van der Waals surface area contributed by atoms with E-state index in [1.807, 2.05) is 6.92 Å². The number of aromatic amines is 2. The maximum Gasteiger partial charge on any atom is 0.323 e. The second-order valence-corrected chi connectivity index (χ2v) is 7.36. The highest BCUT2D eigenvalue weighted by molar-refractivity contribution is 5.96. The lowest BCUT2D eigenvalue weighted by Crippen LogP contribution is -2.56. The molecule has 7 heteroatoms. The van der Waals surface area contributed by atoms with Crippen LogP contribution >= 0.6 is 0 Å². The third kappa shape index (κ3) is 3.22. The molecule has 2 atom stereocenters. The molecule has 1 aliphatic heterocycles. The van der Waals surface area contributed by atoms with Crippen molar-refractivity contribution in [2.75, 3.05) is 18.4 Å². The summed E-state index contributed by atoms with van der Waals surface area (Å²) in [6, 6.07) is 5.24. The molecule has 1 aliphatic rings. The van der Waals surface area contributed by atoms with Gasteiger partial charge in [-0.05, 0) is 37.0 Å². The Hall–Kier alpha value is -2.12. The number of carbonyl (C=O) groups is 1. The molecule has 3 rings (SSSR count). The number of likely N-dealkylation sites (tertiary alicyclic amines) is 1. The van der Waals surface area contributed by atoms with Crippen LogP contribution in [-0.4, -0.2) is 45.9 Å². The van der Waals surface area contributed by atoms with E-state index in [2.05, 4.69) is 34.0 Å². The first kappa shape index (κ1) is 16.7. The van der Waals surface area contributed by atoms with Gasteiger partial charge in [0.05, 0.1) is 17.1 Å². The second-order valence-electron chi connectivity index (χ2n) is 7.36. The van der Waals surface area contributed by atoms with Crippen LogP contribution in [0.2, 0.25) is 0 Å². The molecule has 0 radical (unpaired) electrons. The van der Waals surface area contributed by atoms with Crippen LogP contribution in [0, 0.1) is 5.41 Å². The van der Waals surface area contributed by atoms with E-state index in [4.69, 9.17) is 5.73 Å². The van der Waals surface area contributed by atoms with Crippen molar-refractivity contribution in [2.45, 2.75) is 39.3 Å². The van der Waals surface area contributed by atoms with Gasteiger partial charge in [-0.3, -0.25) is 9.69 Å². The number of carbonyl (C=O) groups excluding carboxylic acids is 1. The highest BCUT2D eigenvalue weighted by atomic mass is 16.2. The van der Waals surface area contributed by atoms with E-state index in [-0.39, 0.29) is 29.1 Å². The summed E-state index contributed by atoms with van der Waals surface area (Å²) in [6.45, 7) is 7.82. The summed E-state index contributed by atoms with van der Waals surface area (Å²) in [5.74, 6) is -0.0569. The molecule has 1 amide bonds. The zero-order chi connectivity index (χ0) is 17.5. The summed E-state index contributed by atoms with van der Waals surface area (Å²) in [5.41, 5.74) is 7.98. The molecule has 130 valence electrons. The summed E-state index contributed by atoms with van der Waals surface area (Å²) < 4.78 is 0. The Kier molecular flexibility index (Phi) is 4.23. The predicted molar refractivity (Wildman–Crippen MR) is 95.0 cm³/mol. The van der Waals surface area contributed by atoms with Crippen molar-refractivity contribution in [1.29, 1.82) is 0 Å². The number of aromatic nitrogens is 2. The van der Waals surface area contributed by atoms with Crippen LogP contribution in [0.5, 0.6) is 0 Å². The van der Waals surface area contributed by atoms with E-state index in [1.165, 1.54) is 0 Å². The second kappa shape index (κ2) is 6.07. The molecule has 0 bridgehead atoms. The van der Waals surface area contributed by atoms with Gasteiger partial charge >= 0.3 is 5.69 Å². The van der Waals surface area contributed by atoms with Crippen molar-refractivity contribution in [1.82, 2.24) is 14.9 Å². The highest BCUT2D eigenvalue weighted by Crippen LogP contribution is 2.29. The van der Waals surface area contributed by atoms with Crippen LogP contribution in [0.4, 0.5) is 5.69 Å². The average Bonchev–Trinajstić information content (AvgIpc) is 2.88. The first-order chi connectivity index (χ1) is 11.3. The highest BCUT2D eigenvalue weighted by Gasteiger charge is 2.36. The number of hydrogen-bond acceptors (Lipinski definition) is 4. The Morgan fingerprint density at radius 2 is 2.08 bits per heavy atom. The molecule has 7 nitrogen and oxygen atoms in total. The van der Waals surface area contributed by atoms with Gasteiger partial charge < -0.3 is 21.0 Å². The number of rotatable bonds is 3. The zero-order valence-corrected chi connectivity index (χ0v) is 14.3. The number of imidazole rings is 1. The molecule has 0 aliphatic carbocycles. The van der Waals surface area contributed by atoms with Gasteiger partial charge in [-0.25, -0.2) is 4.79 Å². The van der Waals surface area contributed by atoms with Gasteiger partial charge in [-0.1, -0.05) is 13.8 Å². The van der Waals surface area contributed by atoms with E-state index >= 15 is 0 Å². The lowest BCUT2D eigenvalue weighted by molar-refractivity contribution is -0.122. The molecule has 2 unspecified atom stereocenters. The van der Waals surface area contributed by atoms with Crippen molar-refractivity contribution in [3.05, 3.63) is 28.7 Å². The standard InChI is InChI=1S/C17H25N5O2/c1-10(22-7-6-14(18)17(2,3)9-22)15(23)19-11-4-5-12-13(8-11)21-16(24)20-12/h4-5,8,10,14H,6-7,9,18H2,1-3H3,(H,19,23)(H2,20,21,24). The lowest BCUT2D eigenvalue weighted by atomic mass is 9.79. The smallest absolute Gasteiger partial charge is 0.323 e. The first-order valence-electron chi connectivity index (χ1n) is 8.29. The Morgan fingerprint density at radius 3 is 2.79 bits per heavy atom. The number of amides is 1. The summed E-state index contributed by atoms with van der Waals surface area (Å²) in [4.78, 5) is 31.4. The largest absolute Gasteiger partial charge is 0.327 e. The van der Waals surface area contributed by atoms with Gasteiger partial charge in [0.2, 0.25) is 5.91 Å². The van der Waals surface area contributed by atoms with Crippen molar-refractivity contribution >= 4 is 22.6 Å². The topological polar surface area (TPSA) is 107 Å². The van der Waals surface area contributed by atoms with Gasteiger partial charge in [0.15, 0.2) is 0 Å². The minimum absolute atomic E-state index is 0.00366. The lowest BCUT2D eigenvalue weighted by Gasteiger charge is -2.44. The minimum atomic E-state index is -0.256. The summed E-state index contributed by atoms with van der Waals surface area (Å²) >= 11 is 0. The Balaban J connectivity index is 1.70. The molecule has 0 spiro atoms. The maximum absolute atomic E-state index is 12.6. The summed E-state index contributed by atoms with van der Waals surface area (Å²) in [5, 5.41) is 2.93. The third-order valence-corrected chi connectivity index (χ3v) is 5.05. The van der Waals surface area contributed by atoms with E-state index in [0.29, 0.717) is 11.2 Å². The molecule has 24 heavy (non-hydrogen) atoms. The fourth-order valence-corrected chi connectivity index (χ4v) is 3.27.